The number of hydrogen-bond donors (Lipinski definition) is 1. The summed E-state index contributed by atoms with van der Waals surface area (Å²) < 4.78 is 5.42. The summed E-state index contributed by atoms with van der Waals surface area (Å²) in [6, 6.07) is 4.07. The van der Waals surface area contributed by atoms with Gasteiger partial charge in [-0.2, -0.15) is 4.98 Å². The first-order valence-electron chi connectivity index (χ1n) is 8.90. The molecule has 4 rings (SSSR count). The van der Waals surface area contributed by atoms with E-state index in [1.54, 1.807) is 6.20 Å². The number of carbonyl (C=O) groups is 1. The van der Waals surface area contributed by atoms with Gasteiger partial charge in [-0.3, -0.25) is 14.7 Å². The SMILES string of the molecule is Cc1noc([C@@H]2CNC(=O)[C@@H]3CCN(Cc4cccnc4)CC[C@@H]32)n1. The van der Waals surface area contributed by atoms with Crippen molar-refractivity contribution in [2.24, 2.45) is 11.8 Å². The second-order valence-corrected chi connectivity index (χ2v) is 7.02. The first-order chi connectivity index (χ1) is 12.2. The van der Waals surface area contributed by atoms with Crippen LogP contribution in [0.4, 0.5) is 0 Å². The van der Waals surface area contributed by atoms with Crippen molar-refractivity contribution >= 4 is 5.91 Å². The minimum Gasteiger partial charge on any atom is -0.355 e. The molecule has 1 amide bonds. The molecule has 1 N–H and O–H groups in total. The molecule has 132 valence electrons. The standard InChI is InChI=1S/C18H23N5O2/c1-12-21-18(25-22-12)16-10-20-17(24)15-5-8-23(7-4-14(15)16)11-13-3-2-6-19-9-13/h2-3,6,9,14-16H,4-5,7-8,10-11H2,1H3,(H,20,24)/t14-,15+,16+/m0/s1. The van der Waals surface area contributed by atoms with Crippen LogP contribution >= 0.6 is 0 Å². The summed E-state index contributed by atoms with van der Waals surface area (Å²) in [7, 11) is 0. The highest BCUT2D eigenvalue weighted by atomic mass is 16.5. The summed E-state index contributed by atoms with van der Waals surface area (Å²) >= 11 is 0. The zero-order valence-electron chi connectivity index (χ0n) is 14.4. The van der Waals surface area contributed by atoms with Crippen molar-refractivity contribution < 1.29 is 9.32 Å². The first kappa shape index (κ1) is 16.2. The van der Waals surface area contributed by atoms with E-state index < -0.39 is 0 Å². The lowest BCUT2D eigenvalue weighted by atomic mass is 9.75. The third-order valence-electron chi connectivity index (χ3n) is 5.39. The molecule has 2 aromatic rings. The van der Waals surface area contributed by atoms with E-state index in [-0.39, 0.29) is 23.7 Å². The van der Waals surface area contributed by atoms with Gasteiger partial charge in [-0.05, 0) is 50.4 Å². The van der Waals surface area contributed by atoms with Gasteiger partial charge >= 0.3 is 0 Å². The van der Waals surface area contributed by atoms with Gasteiger partial charge in [-0.25, -0.2) is 0 Å². The largest absolute Gasteiger partial charge is 0.355 e. The fourth-order valence-corrected chi connectivity index (χ4v) is 4.12. The molecule has 2 aromatic heterocycles. The Morgan fingerprint density at radius 3 is 2.96 bits per heavy atom. The summed E-state index contributed by atoms with van der Waals surface area (Å²) in [5, 5.41) is 6.96. The van der Waals surface area contributed by atoms with Crippen molar-refractivity contribution in [2.75, 3.05) is 19.6 Å². The number of aromatic nitrogens is 3. The topological polar surface area (TPSA) is 84.2 Å². The third-order valence-corrected chi connectivity index (χ3v) is 5.39. The Bertz CT molecular complexity index is 732. The van der Waals surface area contributed by atoms with Crippen molar-refractivity contribution in [1.29, 1.82) is 0 Å². The Labute approximate surface area is 146 Å². The fourth-order valence-electron chi connectivity index (χ4n) is 4.12. The molecule has 0 saturated carbocycles. The molecule has 0 aliphatic carbocycles. The van der Waals surface area contributed by atoms with Crippen molar-refractivity contribution in [3.63, 3.8) is 0 Å². The summed E-state index contributed by atoms with van der Waals surface area (Å²) in [6.45, 7) is 5.17. The molecule has 4 heterocycles. The molecule has 2 saturated heterocycles. The number of aryl methyl sites for hydroxylation is 1. The quantitative estimate of drug-likeness (QED) is 0.911. The number of fused-ring (bicyclic) bond motifs is 1. The van der Waals surface area contributed by atoms with E-state index in [1.165, 1.54) is 5.56 Å². The second kappa shape index (κ2) is 6.92. The van der Waals surface area contributed by atoms with Crippen LogP contribution in [-0.4, -0.2) is 45.6 Å². The molecule has 7 heteroatoms. The van der Waals surface area contributed by atoms with Crippen molar-refractivity contribution in [3.8, 4) is 0 Å². The lowest BCUT2D eigenvalue weighted by Gasteiger charge is -2.34. The van der Waals surface area contributed by atoms with E-state index in [1.807, 2.05) is 19.2 Å². The predicted molar refractivity (Wildman–Crippen MR) is 90.5 cm³/mol. The maximum Gasteiger partial charge on any atom is 0.231 e. The van der Waals surface area contributed by atoms with Gasteiger partial charge in [0.15, 0.2) is 5.82 Å². The summed E-state index contributed by atoms with van der Waals surface area (Å²) in [6.07, 6.45) is 5.53. The Balaban J connectivity index is 1.50. The molecule has 7 nitrogen and oxygen atoms in total. The average Bonchev–Trinajstić information content (AvgIpc) is 2.93. The number of carbonyl (C=O) groups excluding carboxylic acids is 1. The lowest BCUT2D eigenvalue weighted by Crippen LogP contribution is -2.46. The van der Waals surface area contributed by atoms with Crippen LogP contribution in [0.15, 0.2) is 29.0 Å². The maximum atomic E-state index is 12.4. The van der Waals surface area contributed by atoms with Gasteiger partial charge in [0, 0.05) is 31.4 Å². The summed E-state index contributed by atoms with van der Waals surface area (Å²) in [5.41, 5.74) is 1.21. The van der Waals surface area contributed by atoms with Crippen LogP contribution < -0.4 is 5.32 Å². The fraction of sp³-hybridized carbons (Fsp3) is 0.556. The van der Waals surface area contributed by atoms with Crippen LogP contribution in [-0.2, 0) is 11.3 Å². The van der Waals surface area contributed by atoms with Crippen molar-refractivity contribution in [3.05, 3.63) is 41.8 Å². The molecule has 2 aliphatic heterocycles. The van der Waals surface area contributed by atoms with Gasteiger partial charge in [0.2, 0.25) is 11.8 Å². The average molecular weight is 341 g/mol. The summed E-state index contributed by atoms with van der Waals surface area (Å²) in [4.78, 5) is 23.4. The minimum absolute atomic E-state index is 0.0184. The van der Waals surface area contributed by atoms with E-state index in [0.29, 0.717) is 18.3 Å². The molecule has 25 heavy (non-hydrogen) atoms. The molecule has 3 atom stereocenters. The smallest absolute Gasteiger partial charge is 0.231 e. The molecular formula is C18H23N5O2. The Hall–Kier alpha value is -2.28. The van der Waals surface area contributed by atoms with E-state index in [9.17, 15) is 4.79 Å². The molecule has 0 radical (unpaired) electrons. The van der Waals surface area contributed by atoms with E-state index in [4.69, 9.17) is 4.52 Å². The summed E-state index contributed by atoms with van der Waals surface area (Å²) in [5.74, 6) is 1.86. The molecule has 2 aliphatic rings. The molecule has 0 spiro atoms. The van der Waals surface area contributed by atoms with Crippen LogP contribution in [0.1, 0.15) is 36.0 Å². The molecular weight excluding hydrogens is 318 g/mol. The Morgan fingerprint density at radius 1 is 1.32 bits per heavy atom. The zero-order chi connectivity index (χ0) is 17.2. The minimum atomic E-state index is 0.0184. The monoisotopic (exact) mass is 341 g/mol. The first-order valence-corrected chi connectivity index (χ1v) is 8.90. The van der Waals surface area contributed by atoms with Crippen LogP contribution in [0.25, 0.3) is 0 Å². The number of piperidine rings is 1. The van der Waals surface area contributed by atoms with Crippen molar-refractivity contribution in [2.45, 2.75) is 32.2 Å². The number of nitrogens with one attached hydrogen (secondary N) is 1. The Kier molecular flexibility index (Phi) is 4.48. The number of pyridine rings is 1. The third kappa shape index (κ3) is 3.42. The number of nitrogens with zero attached hydrogens (tertiary/aromatic N) is 4. The van der Waals surface area contributed by atoms with Crippen LogP contribution in [0, 0.1) is 18.8 Å². The van der Waals surface area contributed by atoms with Gasteiger partial charge in [0.25, 0.3) is 0 Å². The molecule has 0 aromatic carbocycles. The predicted octanol–water partition coefficient (Wildman–Crippen LogP) is 1.51. The number of rotatable bonds is 3. The van der Waals surface area contributed by atoms with E-state index in [2.05, 4.69) is 31.4 Å². The van der Waals surface area contributed by atoms with E-state index in [0.717, 1.165) is 32.5 Å². The molecule has 0 bridgehead atoms. The molecule has 2 fully saturated rings. The Morgan fingerprint density at radius 2 is 2.20 bits per heavy atom. The highest BCUT2D eigenvalue weighted by Crippen LogP contribution is 2.38. The molecule has 0 unspecified atom stereocenters. The second-order valence-electron chi connectivity index (χ2n) is 7.02. The van der Waals surface area contributed by atoms with Crippen LogP contribution in [0.5, 0.6) is 0 Å². The highest BCUT2D eigenvalue weighted by Gasteiger charge is 2.42. The number of hydrogen-bond acceptors (Lipinski definition) is 6. The van der Waals surface area contributed by atoms with Gasteiger partial charge in [0.1, 0.15) is 0 Å². The van der Waals surface area contributed by atoms with Crippen LogP contribution in [0.3, 0.4) is 0 Å². The van der Waals surface area contributed by atoms with Gasteiger partial charge in [-0.15, -0.1) is 0 Å². The maximum absolute atomic E-state index is 12.4. The van der Waals surface area contributed by atoms with E-state index >= 15 is 0 Å². The lowest BCUT2D eigenvalue weighted by molar-refractivity contribution is -0.129. The van der Waals surface area contributed by atoms with Crippen molar-refractivity contribution in [1.82, 2.24) is 25.3 Å². The highest BCUT2D eigenvalue weighted by molar-refractivity contribution is 5.80. The number of likely N-dealkylation sites (tertiary alicyclic amines) is 1. The van der Waals surface area contributed by atoms with Gasteiger partial charge < -0.3 is 9.84 Å². The van der Waals surface area contributed by atoms with Gasteiger partial charge in [-0.1, -0.05) is 11.2 Å². The zero-order valence-corrected chi connectivity index (χ0v) is 14.4. The normalized spacial score (nSPS) is 27.4. The van der Waals surface area contributed by atoms with Crippen LogP contribution in [0.2, 0.25) is 0 Å². The van der Waals surface area contributed by atoms with Gasteiger partial charge in [0.05, 0.1) is 5.92 Å². The number of amides is 1.